The number of hydrogen-bond donors (Lipinski definition) is 1. The minimum Gasteiger partial charge on any atom is -0.463 e. The van der Waals surface area contributed by atoms with Crippen LogP contribution in [-0.2, 0) is 17.4 Å². The third-order valence-electron chi connectivity index (χ3n) is 8.81. The monoisotopic (exact) mass is 572 g/mol. The summed E-state index contributed by atoms with van der Waals surface area (Å²) in [4.78, 5) is 14.7. The molecule has 0 bridgehead atoms. The average Bonchev–Trinajstić information content (AvgIpc) is 2.95. The maximum atomic E-state index is 9.29. The van der Waals surface area contributed by atoms with Crippen LogP contribution in [0.2, 0.25) is 18.1 Å². The molecule has 2 aliphatic rings. The number of nitrogens with one attached hydrogen (secondary N) is 1. The van der Waals surface area contributed by atoms with Crippen LogP contribution in [-0.4, -0.2) is 63.7 Å². The lowest BCUT2D eigenvalue weighted by atomic mass is 10.0. The number of nitrogens with zero attached hydrogens (tertiary/aromatic N) is 5. The van der Waals surface area contributed by atoms with Gasteiger partial charge in [0, 0.05) is 61.9 Å². The van der Waals surface area contributed by atoms with Crippen LogP contribution >= 0.6 is 0 Å². The Balaban J connectivity index is 1.37. The molecule has 9 heteroatoms. The number of benzene rings is 2. The molecule has 1 unspecified atom stereocenters. The first-order chi connectivity index (χ1) is 19.7. The van der Waals surface area contributed by atoms with E-state index in [2.05, 4.69) is 97.5 Å². The van der Waals surface area contributed by atoms with Crippen molar-refractivity contribution in [1.29, 1.82) is 5.26 Å². The standard InChI is InChI=1S/C32H44N6O2Si/c1-32(2,3)41(4,5)40-21-9-20-39-31-35-28-23-37(29-13-8-11-24-10-6-7-12-26(24)29)18-15-27(28)30(36-31)38-19-17-34-25(22-38)14-16-33/h6-8,10-13,25,34H,9,14-15,17-23H2,1-5H3. The van der Waals surface area contributed by atoms with Crippen LogP contribution in [0.15, 0.2) is 42.5 Å². The molecule has 0 spiro atoms. The molecule has 1 atom stereocenters. The highest BCUT2D eigenvalue weighted by Crippen LogP contribution is 2.37. The first-order valence-corrected chi connectivity index (χ1v) is 17.8. The van der Waals surface area contributed by atoms with E-state index in [1.807, 2.05) is 0 Å². The van der Waals surface area contributed by atoms with E-state index in [9.17, 15) is 5.26 Å². The van der Waals surface area contributed by atoms with Crippen molar-refractivity contribution in [3.8, 4) is 12.1 Å². The molecule has 0 radical (unpaired) electrons. The second-order valence-corrected chi connectivity index (χ2v) is 17.5. The summed E-state index contributed by atoms with van der Waals surface area (Å²) in [5.74, 6) is 0.963. The summed E-state index contributed by atoms with van der Waals surface area (Å²) < 4.78 is 12.5. The molecule has 1 N–H and O–H groups in total. The molecule has 2 aliphatic heterocycles. The lowest BCUT2D eigenvalue weighted by Gasteiger charge is -2.37. The molecule has 3 aromatic rings. The van der Waals surface area contributed by atoms with Crippen molar-refractivity contribution in [2.45, 2.75) is 70.8 Å². The van der Waals surface area contributed by atoms with Crippen molar-refractivity contribution >= 4 is 30.6 Å². The quantitative estimate of drug-likeness (QED) is 0.259. The summed E-state index contributed by atoms with van der Waals surface area (Å²) in [6.07, 6.45) is 2.14. The summed E-state index contributed by atoms with van der Waals surface area (Å²) in [6, 6.07) is 17.9. The average molecular weight is 573 g/mol. The van der Waals surface area contributed by atoms with Gasteiger partial charge in [0.1, 0.15) is 5.82 Å². The molecule has 41 heavy (non-hydrogen) atoms. The fourth-order valence-electron chi connectivity index (χ4n) is 5.44. The number of rotatable bonds is 9. The minimum atomic E-state index is -1.79. The molecular formula is C32H44N6O2Si. The molecule has 2 aromatic carbocycles. The Hall–Kier alpha value is -3.19. The van der Waals surface area contributed by atoms with E-state index in [-0.39, 0.29) is 11.1 Å². The van der Waals surface area contributed by atoms with Crippen molar-refractivity contribution in [2.24, 2.45) is 0 Å². The first kappa shape index (κ1) is 29.3. The highest BCUT2D eigenvalue weighted by molar-refractivity contribution is 6.74. The fourth-order valence-corrected chi connectivity index (χ4v) is 6.52. The largest absolute Gasteiger partial charge is 0.463 e. The zero-order chi connectivity index (χ0) is 29.0. The topological polar surface area (TPSA) is 86.5 Å². The van der Waals surface area contributed by atoms with E-state index in [0.29, 0.717) is 32.2 Å². The molecule has 0 aliphatic carbocycles. The van der Waals surface area contributed by atoms with Gasteiger partial charge in [0.25, 0.3) is 0 Å². The van der Waals surface area contributed by atoms with E-state index in [4.69, 9.17) is 19.1 Å². The van der Waals surface area contributed by atoms with Crippen LogP contribution < -0.4 is 19.9 Å². The van der Waals surface area contributed by atoms with Gasteiger partial charge < -0.3 is 24.3 Å². The van der Waals surface area contributed by atoms with Gasteiger partial charge >= 0.3 is 6.01 Å². The van der Waals surface area contributed by atoms with Gasteiger partial charge in [-0.05, 0) is 36.0 Å². The molecule has 0 saturated carbocycles. The molecule has 0 amide bonds. The Morgan fingerprint density at radius 3 is 2.66 bits per heavy atom. The van der Waals surface area contributed by atoms with Crippen LogP contribution in [0.5, 0.6) is 6.01 Å². The van der Waals surface area contributed by atoms with E-state index < -0.39 is 8.32 Å². The van der Waals surface area contributed by atoms with Gasteiger partial charge in [0.15, 0.2) is 8.32 Å². The van der Waals surface area contributed by atoms with Crippen LogP contribution in [0.25, 0.3) is 10.8 Å². The highest BCUT2D eigenvalue weighted by atomic mass is 28.4. The predicted molar refractivity (Wildman–Crippen MR) is 168 cm³/mol. The lowest BCUT2D eigenvalue weighted by Crippen LogP contribution is -2.51. The second kappa shape index (κ2) is 12.4. The number of fused-ring (bicyclic) bond motifs is 2. The number of ether oxygens (including phenoxy) is 1. The SMILES string of the molecule is CC(C)(C)[Si](C)(C)OCCCOc1nc2c(c(N3CCNC(CC#N)C3)n1)CCN(c1cccc3ccccc13)C2. The van der Waals surface area contributed by atoms with Gasteiger partial charge in [-0.1, -0.05) is 57.2 Å². The molecule has 218 valence electrons. The number of hydrogen-bond acceptors (Lipinski definition) is 8. The normalized spacial score (nSPS) is 17.8. The molecule has 1 aromatic heterocycles. The Morgan fingerprint density at radius 2 is 1.85 bits per heavy atom. The molecular weight excluding hydrogens is 528 g/mol. The molecule has 1 saturated heterocycles. The van der Waals surface area contributed by atoms with Crippen LogP contribution in [0.3, 0.4) is 0 Å². The zero-order valence-electron chi connectivity index (χ0n) is 25.2. The Labute approximate surface area is 245 Å². The van der Waals surface area contributed by atoms with E-state index >= 15 is 0 Å². The van der Waals surface area contributed by atoms with Crippen LogP contribution in [0.4, 0.5) is 11.5 Å². The Kier molecular flexibility index (Phi) is 8.83. The highest BCUT2D eigenvalue weighted by Gasteiger charge is 2.37. The maximum Gasteiger partial charge on any atom is 0.318 e. The summed E-state index contributed by atoms with van der Waals surface area (Å²) in [6.45, 7) is 16.6. The summed E-state index contributed by atoms with van der Waals surface area (Å²) in [7, 11) is -1.79. The van der Waals surface area contributed by atoms with E-state index in [1.165, 1.54) is 22.0 Å². The van der Waals surface area contributed by atoms with Crippen LogP contribution in [0.1, 0.15) is 44.9 Å². The maximum absolute atomic E-state index is 9.29. The number of anilines is 2. The Morgan fingerprint density at radius 1 is 1.05 bits per heavy atom. The molecule has 5 rings (SSSR count). The van der Waals surface area contributed by atoms with Crippen molar-refractivity contribution < 1.29 is 9.16 Å². The van der Waals surface area contributed by atoms with E-state index in [0.717, 1.165) is 50.5 Å². The van der Waals surface area contributed by atoms with Gasteiger partial charge in [0.2, 0.25) is 0 Å². The van der Waals surface area contributed by atoms with Gasteiger partial charge in [-0.2, -0.15) is 15.2 Å². The summed E-state index contributed by atoms with van der Waals surface area (Å²) >= 11 is 0. The number of aromatic nitrogens is 2. The van der Waals surface area contributed by atoms with Gasteiger partial charge in [-0.3, -0.25) is 0 Å². The Bertz CT molecular complexity index is 1390. The summed E-state index contributed by atoms with van der Waals surface area (Å²) in [5, 5.41) is 15.5. The predicted octanol–water partition coefficient (Wildman–Crippen LogP) is 5.68. The molecule has 1 fully saturated rings. The van der Waals surface area contributed by atoms with Crippen LogP contribution in [0, 0.1) is 11.3 Å². The van der Waals surface area contributed by atoms with Crippen molar-refractivity contribution in [2.75, 3.05) is 49.2 Å². The fraction of sp³-hybridized carbons (Fsp3) is 0.531. The molecule has 3 heterocycles. The second-order valence-electron chi connectivity index (χ2n) is 12.7. The van der Waals surface area contributed by atoms with Gasteiger partial charge in [0.05, 0.1) is 31.3 Å². The lowest BCUT2D eigenvalue weighted by molar-refractivity contribution is 0.224. The number of nitriles is 1. The summed E-state index contributed by atoms with van der Waals surface area (Å²) in [5.41, 5.74) is 3.46. The third-order valence-corrected chi connectivity index (χ3v) is 13.3. The van der Waals surface area contributed by atoms with Crippen molar-refractivity contribution in [3.05, 3.63) is 53.7 Å². The van der Waals surface area contributed by atoms with Crippen molar-refractivity contribution in [1.82, 2.24) is 15.3 Å². The minimum absolute atomic E-state index is 0.131. The van der Waals surface area contributed by atoms with Gasteiger partial charge in [-0.25, -0.2) is 0 Å². The van der Waals surface area contributed by atoms with Gasteiger partial charge in [-0.15, -0.1) is 0 Å². The van der Waals surface area contributed by atoms with Crippen molar-refractivity contribution in [3.63, 3.8) is 0 Å². The van der Waals surface area contributed by atoms with E-state index in [1.54, 1.807) is 0 Å². The first-order valence-electron chi connectivity index (χ1n) is 14.9. The number of piperazine rings is 1. The third kappa shape index (κ3) is 6.66. The smallest absolute Gasteiger partial charge is 0.318 e. The zero-order valence-corrected chi connectivity index (χ0v) is 26.2. The molecule has 8 nitrogen and oxygen atoms in total.